The van der Waals surface area contributed by atoms with Crippen LogP contribution in [0.5, 0.6) is 5.75 Å². The molecular weight excluding hydrogens is 293 g/mol. The second-order valence-corrected chi connectivity index (χ2v) is 5.23. The summed E-state index contributed by atoms with van der Waals surface area (Å²) in [4.78, 5) is 6.28. The van der Waals surface area contributed by atoms with Gasteiger partial charge in [0.2, 0.25) is 0 Å². The maximum absolute atomic E-state index is 13.2. The second-order valence-electron chi connectivity index (χ2n) is 5.23. The summed E-state index contributed by atoms with van der Waals surface area (Å²) in [6, 6.07) is 14.5. The largest absolute Gasteiger partial charge is 0.497 e. The first-order valence-electron chi connectivity index (χ1n) is 7.41. The zero-order chi connectivity index (χ0) is 16.7. The maximum Gasteiger partial charge on any atom is 0.193 e. The molecular formula is C18H22FN3O. The molecule has 23 heavy (non-hydrogen) atoms. The number of hydrogen-bond acceptors (Lipinski definition) is 2. The number of ether oxygens (including phenoxy) is 1. The second kappa shape index (κ2) is 8.17. The molecule has 0 fully saturated rings. The van der Waals surface area contributed by atoms with Crippen molar-refractivity contribution in [2.24, 2.45) is 4.99 Å². The zero-order valence-corrected chi connectivity index (χ0v) is 13.7. The summed E-state index contributed by atoms with van der Waals surface area (Å²) >= 11 is 0. The molecule has 2 aromatic rings. The Morgan fingerprint density at radius 1 is 1.17 bits per heavy atom. The van der Waals surface area contributed by atoms with Crippen LogP contribution in [0.15, 0.2) is 53.5 Å². The summed E-state index contributed by atoms with van der Waals surface area (Å²) in [6.45, 7) is 1.24. The highest BCUT2D eigenvalue weighted by Crippen LogP contribution is 2.12. The number of guanidine groups is 1. The van der Waals surface area contributed by atoms with E-state index in [2.05, 4.69) is 10.3 Å². The van der Waals surface area contributed by atoms with E-state index >= 15 is 0 Å². The van der Waals surface area contributed by atoms with Gasteiger partial charge in [-0.1, -0.05) is 24.3 Å². The molecule has 0 aliphatic rings. The quantitative estimate of drug-likeness (QED) is 0.680. The molecule has 0 aliphatic heterocycles. The minimum Gasteiger partial charge on any atom is -0.497 e. The average molecular weight is 315 g/mol. The summed E-state index contributed by atoms with van der Waals surface area (Å²) < 4.78 is 18.4. The number of rotatable bonds is 5. The Bertz CT molecular complexity index is 656. The van der Waals surface area contributed by atoms with Crippen molar-refractivity contribution >= 4 is 5.96 Å². The lowest BCUT2D eigenvalue weighted by molar-refractivity contribution is 0.414. The molecule has 0 atom stereocenters. The standard InChI is InChI=1S/C18H22FN3O/c1-20-18(21-12-15-5-4-6-16(19)11-15)22(2)13-14-7-9-17(23-3)10-8-14/h4-11H,12-13H2,1-3H3,(H,20,21). The van der Waals surface area contributed by atoms with Crippen LogP contribution in [0.1, 0.15) is 11.1 Å². The molecule has 122 valence electrons. The highest BCUT2D eigenvalue weighted by Gasteiger charge is 2.07. The van der Waals surface area contributed by atoms with E-state index in [1.54, 1.807) is 20.2 Å². The first-order chi connectivity index (χ1) is 11.1. The normalized spacial score (nSPS) is 11.2. The number of halogens is 1. The van der Waals surface area contributed by atoms with Crippen LogP contribution < -0.4 is 10.1 Å². The van der Waals surface area contributed by atoms with Gasteiger partial charge in [-0.05, 0) is 35.4 Å². The van der Waals surface area contributed by atoms with Crippen molar-refractivity contribution in [3.05, 3.63) is 65.5 Å². The van der Waals surface area contributed by atoms with Crippen molar-refractivity contribution in [2.75, 3.05) is 21.2 Å². The first-order valence-corrected chi connectivity index (χ1v) is 7.41. The van der Waals surface area contributed by atoms with Crippen LogP contribution in [0, 0.1) is 5.82 Å². The topological polar surface area (TPSA) is 36.9 Å². The van der Waals surface area contributed by atoms with E-state index in [-0.39, 0.29) is 5.82 Å². The minimum absolute atomic E-state index is 0.231. The molecule has 0 bridgehead atoms. The Hall–Kier alpha value is -2.56. The first kappa shape index (κ1) is 16.8. The molecule has 0 unspecified atom stereocenters. The number of methoxy groups -OCH3 is 1. The van der Waals surface area contributed by atoms with E-state index in [1.165, 1.54) is 12.1 Å². The maximum atomic E-state index is 13.2. The molecule has 1 N–H and O–H groups in total. The van der Waals surface area contributed by atoms with E-state index in [4.69, 9.17) is 4.74 Å². The van der Waals surface area contributed by atoms with Crippen LogP contribution in [0.25, 0.3) is 0 Å². The lowest BCUT2D eigenvalue weighted by atomic mass is 10.2. The smallest absolute Gasteiger partial charge is 0.193 e. The molecule has 5 heteroatoms. The van der Waals surface area contributed by atoms with Crippen molar-refractivity contribution in [3.8, 4) is 5.75 Å². The van der Waals surface area contributed by atoms with Crippen molar-refractivity contribution in [1.29, 1.82) is 0 Å². The van der Waals surface area contributed by atoms with E-state index < -0.39 is 0 Å². The van der Waals surface area contributed by atoms with Crippen molar-refractivity contribution in [3.63, 3.8) is 0 Å². The van der Waals surface area contributed by atoms with E-state index in [9.17, 15) is 4.39 Å². The monoisotopic (exact) mass is 315 g/mol. The van der Waals surface area contributed by atoms with Crippen molar-refractivity contribution < 1.29 is 9.13 Å². The van der Waals surface area contributed by atoms with Crippen LogP contribution in [0.4, 0.5) is 4.39 Å². The van der Waals surface area contributed by atoms with Gasteiger partial charge in [-0.15, -0.1) is 0 Å². The van der Waals surface area contributed by atoms with Gasteiger partial charge in [0.15, 0.2) is 5.96 Å². The number of benzene rings is 2. The van der Waals surface area contributed by atoms with Gasteiger partial charge in [0, 0.05) is 27.2 Å². The summed E-state index contributed by atoms with van der Waals surface area (Å²) in [5, 5.41) is 3.24. The average Bonchev–Trinajstić information content (AvgIpc) is 2.56. The lowest BCUT2D eigenvalue weighted by Gasteiger charge is -2.22. The number of nitrogens with zero attached hydrogens (tertiary/aromatic N) is 2. The fourth-order valence-electron chi connectivity index (χ4n) is 2.29. The van der Waals surface area contributed by atoms with Gasteiger partial charge in [0.05, 0.1) is 7.11 Å². The van der Waals surface area contributed by atoms with Gasteiger partial charge in [-0.3, -0.25) is 4.99 Å². The predicted octanol–water partition coefficient (Wildman–Crippen LogP) is 3.04. The van der Waals surface area contributed by atoms with E-state index in [0.717, 1.165) is 22.8 Å². The zero-order valence-electron chi connectivity index (χ0n) is 13.7. The summed E-state index contributed by atoms with van der Waals surface area (Å²) in [5.74, 6) is 1.36. The van der Waals surface area contributed by atoms with Gasteiger partial charge in [0.1, 0.15) is 11.6 Å². The van der Waals surface area contributed by atoms with Gasteiger partial charge < -0.3 is 15.0 Å². The molecule has 0 saturated heterocycles. The number of aliphatic imine (C=N–C) groups is 1. The van der Waals surface area contributed by atoms with Crippen molar-refractivity contribution in [2.45, 2.75) is 13.1 Å². The fraction of sp³-hybridized carbons (Fsp3) is 0.278. The highest BCUT2D eigenvalue weighted by molar-refractivity contribution is 5.79. The van der Waals surface area contributed by atoms with Gasteiger partial charge in [-0.2, -0.15) is 0 Å². The summed E-state index contributed by atoms with van der Waals surface area (Å²) in [5.41, 5.74) is 2.03. The molecule has 0 aromatic heterocycles. The highest BCUT2D eigenvalue weighted by atomic mass is 19.1. The number of nitrogens with one attached hydrogen (secondary N) is 1. The molecule has 0 spiro atoms. The fourth-order valence-corrected chi connectivity index (χ4v) is 2.29. The Balaban J connectivity index is 1.94. The Morgan fingerprint density at radius 3 is 2.52 bits per heavy atom. The summed E-state index contributed by atoms with van der Waals surface area (Å²) in [6.07, 6.45) is 0. The Kier molecular flexibility index (Phi) is 5.97. The van der Waals surface area contributed by atoms with Crippen molar-refractivity contribution in [1.82, 2.24) is 10.2 Å². The molecule has 2 rings (SSSR count). The molecule has 2 aromatic carbocycles. The minimum atomic E-state index is -0.231. The number of hydrogen-bond donors (Lipinski definition) is 1. The van der Waals surface area contributed by atoms with Crippen LogP contribution in [0.3, 0.4) is 0 Å². The van der Waals surface area contributed by atoms with E-state index in [0.29, 0.717) is 13.1 Å². The van der Waals surface area contributed by atoms with Crippen LogP contribution >= 0.6 is 0 Å². The third-order valence-corrected chi connectivity index (χ3v) is 3.49. The predicted molar refractivity (Wildman–Crippen MR) is 91.1 cm³/mol. The Morgan fingerprint density at radius 2 is 1.91 bits per heavy atom. The van der Waals surface area contributed by atoms with E-state index in [1.807, 2.05) is 42.3 Å². The summed E-state index contributed by atoms with van der Waals surface area (Å²) in [7, 11) is 5.35. The molecule has 0 saturated carbocycles. The van der Waals surface area contributed by atoms with Crippen LogP contribution in [-0.4, -0.2) is 32.1 Å². The Labute approximate surface area is 136 Å². The van der Waals surface area contributed by atoms with Gasteiger partial charge in [0.25, 0.3) is 0 Å². The van der Waals surface area contributed by atoms with Gasteiger partial charge in [-0.25, -0.2) is 4.39 Å². The lowest BCUT2D eigenvalue weighted by Crippen LogP contribution is -2.38. The SMILES string of the molecule is CN=C(NCc1cccc(F)c1)N(C)Cc1ccc(OC)cc1. The third-order valence-electron chi connectivity index (χ3n) is 3.49. The molecule has 4 nitrogen and oxygen atoms in total. The molecule has 0 amide bonds. The molecule has 0 heterocycles. The third kappa shape index (κ3) is 4.98. The molecule has 0 aliphatic carbocycles. The van der Waals surface area contributed by atoms with Crippen LogP contribution in [-0.2, 0) is 13.1 Å². The molecule has 0 radical (unpaired) electrons. The van der Waals surface area contributed by atoms with Gasteiger partial charge >= 0.3 is 0 Å². The van der Waals surface area contributed by atoms with Crippen LogP contribution in [0.2, 0.25) is 0 Å².